The third-order valence-electron chi connectivity index (χ3n) is 3.81. The van der Waals surface area contributed by atoms with Crippen LogP contribution in [0.15, 0.2) is 12.1 Å². The van der Waals surface area contributed by atoms with E-state index in [0.717, 1.165) is 30.3 Å². The molecule has 2 unspecified atom stereocenters. The number of ether oxygens (including phenoxy) is 1. The van der Waals surface area contributed by atoms with Crippen molar-refractivity contribution in [1.82, 2.24) is 9.55 Å². The quantitative estimate of drug-likeness (QED) is 0.614. The van der Waals surface area contributed by atoms with Crippen LogP contribution in [0, 0.1) is 14.2 Å². The molecule has 3 rings (SSSR count). The second kappa shape index (κ2) is 5.14. The SMILES string of the molecule is COC1CCCC1n1c(=S)[nH]c2cc(I)c(F)cc21. The van der Waals surface area contributed by atoms with Gasteiger partial charge in [-0.25, -0.2) is 4.39 Å². The molecule has 2 atom stereocenters. The molecular formula is C13H14FIN2OS. The van der Waals surface area contributed by atoms with Crippen molar-refractivity contribution in [2.24, 2.45) is 0 Å². The lowest BCUT2D eigenvalue weighted by molar-refractivity contribution is 0.0757. The lowest BCUT2D eigenvalue weighted by Gasteiger charge is -2.20. The summed E-state index contributed by atoms with van der Waals surface area (Å²) in [6.07, 6.45) is 3.33. The van der Waals surface area contributed by atoms with E-state index >= 15 is 0 Å². The van der Waals surface area contributed by atoms with Crippen molar-refractivity contribution in [1.29, 1.82) is 0 Å². The molecule has 1 aliphatic carbocycles. The maximum Gasteiger partial charge on any atom is 0.178 e. The van der Waals surface area contributed by atoms with E-state index in [0.29, 0.717) is 8.34 Å². The van der Waals surface area contributed by atoms with Crippen LogP contribution in [0.4, 0.5) is 4.39 Å². The highest BCUT2D eigenvalue weighted by Crippen LogP contribution is 2.35. The molecule has 2 aromatic rings. The lowest BCUT2D eigenvalue weighted by Crippen LogP contribution is -2.20. The number of imidazole rings is 1. The second-order valence-electron chi connectivity index (χ2n) is 4.86. The van der Waals surface area contributed by atoms with Crippen molar-refractivity contribution in [3.63, 3.8) is 0 Å². The number of methoxy groups -OCH3 is 1. The first-order valence-electron chi connectivity index (χ1n) is 6.24. The molecular weight excluding hydrogens is 378 g/mol. The fourth-order valence-corrected chi connectivity index (χ4v) is 3.74. The highest BCUT2D eigenvalue weighted by molar-refractivity contribution is 14.1. The normalized spacial score (nSPS) is 23.3. The van der Waals surface area contributed by atoms with Crippen LogP contribution >= 0.6 is 34.8 Å². The van der Waals surface area contributed by atoms with Gasteiger partial charge in [0.1, 0.15) is 5.82 Å². The molecule has 0 radical (unpaired) electrons. The van der Waals surface area contributed by atoms with E-state index in [9.17, 15) is 4.39 Å². The molecule has 0 saturated heterocycles. The zero-order valence-corrected chi connectivity index (χ0v) is 13.4. The minimum Gasteiger partial charge on any atom is -0.379 e. The number of H-pyrrole nitrogens is 1. The van der Waals surface area contributed by atoms with Gasteiger partial charge in [0.15, 0.2) is 4.77 Å². The third kappa shape index (κ3) is 2.23. The van der Waals surface area contributed by atoms with Crippen molar-refractivity contribution >= 4 is 45.8 Å². The smallest absolute Gasteiger partial charge is 0.178 e. The summed E-state index contributed by atoms with van der Waals surface area (Å²) in [5.41, 5.74) is 1.72. The number of halogens is 2. The van der Waals surface area contributed by atoms with Gasteiger partial charge in [0.25, 0.3) is 0 Å². The van der Waals surface area contributed by atoms with E-state index in [1.165, 1.54) is 0 Å². The predicted molar refractivity (Wildman–Crippen MR) is 83.5 cm³/mol. The molecule has 1 fully saturated rings. The van der Waals surface area contributed by atoms with Gasteiger partial charge < -0.3 is 14.3 Å². The molecule has 1 aromatic heterocycles. The van der Waals surface area contributed by atoms with E-state index in [1.807, 2.05) is 27.2 Å². The Balaban J connectivity index is 2.20. The Labute approximate surface area is 129 Å². The fraction of sp³-hybridized carbons (Fsp3) is 0.462. The van der Waals surface area contributed by atoms with Gasteiger partial charge in [0.05, 0.1) is 26.7 Å². The molecule has 1 aromatic carbocycles. The van der Waals surface area contributed by atoms with Gasteiger partial charge in [-0.05, 0) is 60.1 Å². The first-order valence-corrected chi connectivity index (χ1v) is 7.72. The van der Waals surface area contributed by atoms with Gasteiger partial charge in [0, 0.05) is 13.2 Å². The summed E-state index contributed by atoms with van der Waals surface area (Å²) in [4.78, 5) is 3.17. The van der Waals surface area contributed by atoms with Crippen LogP contribution < -0.4 is 0 Å². The molecule has 1 aliphatic rings. The number of rotatable bonds is 2. The molecule has 3 nitrogen and oxygen atoms in total. The van der Waals surface area contributed by atoms with Crippen molar-refractivity contribution in [3.8, 4) is 0 Å². The summed E-state index contributed by atoms with van der Waals surface area (Å²) in [6.45, 7) is 0. The number of benzene rings is 1. The van der Waals surface area contributed by atoms with Crippen molar-refractivity contribution in [2.75, 3.05) is 7.11 Å². The fourth-order valence-electron chi connectivity index (χ4n) is 2.93. The van der Waals surface area contributed by atoms with Crippen LogP contribution in [0.3, 0.4) is 0 Å². The zero-order chi connectivity index (χ0) is 13.6. The molecule has 1 saturated carbocycles. The minimum atomic E-state index is -0.206. The van der Waals surface area contributed by atoms with E-state index in [2.05, 4.69) is 4.98 Å². The van der Waals surface area contributed by atoms with Crippen LogP contribution in [0.25, 0.3) is 11.0 Å². The number of aromatic nitrogens is 2. The minimum absolute atomic E-state index is 0.160. The van der Waals surface area contributed by atoms with Gasteiger partial charge >= 0.3 is 0 Å². The van der Waals surface area contributed by atoms with Crippen LogP contribution in [0.1, 0.15) is 25.3 Å². The topological polar surface area (TPSA) is 29.9 Å². The summed E-state index contributed by atoms with van der Waals surface area (Å²) in [5.74, 6) is -0.206. The maximum absolute atomic E-state index is 13.8. The molecule has 102 valence electrons. The molecule has 1 N–H and O–H groups in total. The van der Waals surface area contributed by atoms with Gasteiger partial charge in [-0.3, -0.25) is 0 Å². The summed E-state index contributed by atoms with van der Waals surface area (Å²) < 4.78 is 22.6. The van der Waals surface area contributed by atoms with Crippen molar-refractivity contribution < 1.29 is 9.13 Å². The van der Waals surface area contributed by atoms with Crippen molar-refractivity contribution in [2.45, 2.75) is 31.4 Å². The van der Waals surface area contributed by atoms with Crippen LogP contribution in [-0.2, 0) is 4.74 Å². The van der Waals surface area contributed by atoms with Gasteiger partial charge in [-0.2, -0.15) is 0 Å². The second-order valence-corrected chi connectivity index (χ2v) is 6.40. The highest BCUT2D eigenvalue weighted by atomic mass is 127. The first-order chi connectivity index (χ1) is 9.11. The molecule has 19 heavy (non-hydrogen) atoms. The molecule has 0 spiro atoms. The first kappa shape index (κ1) is 13.5. The van der Waals surface area contributed by atoms with Crippen LogP contribution in [0.5, 0.6) is 0 Å². The lowest BCUT2D eigenvalue weighted by atomic mass is 10.2. The summed E-state index contributed by atoms with van der Waals surface area (Å²) in [7, 11) is 1.73. The summed E-state index contributed by atoms with van der Waals surface area (Å²) >= 11 is 7.39. The summed E-state index contributed by atoms with van der Waals surface area (Å²) in [6, 6.07) is 3.56. The average molecular weight is 392 g/mol. The number of aromatic amines is 1. The van der Waals surface area contributed by atoms with E-state index < -0.39 is 0 Å². The predicted octanol–water partition coefficient (Wildman–Crippen LogP) is 4.18. The number of fused-ring (bicyclic) bond motifs is 1. The van der Waals surface area contributed by atoms with Crippen molar-refractivity contribution in [3.05, 3.63) is 26.3 Å². The Kier molecular flexibility index (Phi) is 3.65. The van der Waals surface area contributed by atoms with Gasteiger partial charge in [0.2, 0.25) is 0 Å². The Morgan fingerprint density at radius 2 is 2.26 bits per heavy atom. The monoisotopic (exact) mass is 392 g/mol. The van der Waals surface area contributed by atoms with E-state index in [1.54, 1.807) is 19.2 Å². The molecule has 0 aliphatic heterocycles. The maximum atomic E-state index is 13.8. The molecule has 0 bridgehead atoms. The Hall–Kier alpha value is -0.470. The van der Waals surface area contributed by atoms with E-state index in [-0.39, 0.29) is 18.0 Å². The van der Waals surface area contributed by atoms with Gasteiger partial charge in [-0.15, -0.1) is 0 Å². The highest BCUT2D eigenvalue weighted by Gasteiger charge is 2.30. The Morgan fingerprint density at radius 1 is 1.47 bits per heavy atom. The Bertz CT molecular complexity index is 681. The largest absolute Gasteiger partial charge is 0.379 e. The number of hydrogen-bond donors (Lipinski definition) is 1. The van der Waals surface area contributed by atoms with Crippen LogP contribution in [0.2, 0.25) is 0 Å². The zero-order valence-electron chi connectivity index (χ0n) is 10.5. The molecule has 6 heteroatoms. The third-order valence-corrected chi connectivity index (χ3v) is 4.94. The Morgan fingerprint density at radius 3 is 3.00 bits per heavy atom. The average Bonchev–Trinajstić information content (AvgIpc) is 2.93. The van der Waals surface area contributed by atoms with E-state index in [4.69, 9.17) is 17.0 Å². The van der Waals surface area contributed by atoms with Crippen LogP contribution in [-0.4, -0.2) is 22.8 Å². The number of nitrogens with one attached hydrogen (secondary N) is 1. The number of nitrogens with zero attached hydrogens (tertiary/aromatic N) is 1. The van der Waals surface area contributed by atoms with Gasteiger partial charge in [-0.1, -0.05) is 0 Å². The summed E-state index contributed by atoms with van der Waals surface area (Å²) in [5, 5.41) is 0. The standard InChI is InChI=1S/C13H14FIN2OS/c1-18-12-4-2-3-10(12)17-11-5-7(14)8(15)6-9(11)16-13(17)19/h5-6,10,12H,2-4H2,1H3,(H,16,19). The molecule has 0 amide bonds. The molecule has 1 heterocycles. The number of hydrogen-bond acceptors (Lipinski definition) is 2.